The van der Waals surface area contributed by atoms with E-state index in [4.69, 9.17) is 0 Å². The van der Waals surface area contributed by atoms with E-state index in [1.165, 1.54) is 18.2 Å². The number of Topliss-reactive ketones (excluding diaryl/α,β-unsaturated/α-hetero) is 1. The van der Waals surface area contributed by atoms with Gasteiger partial charge >= 0.3 is 6.03 Å². The number of hydrogen-bond donors (Lipinski definition) is 0. The van der Waals surface area contributed by atoms with Crippen molar-refractivity contribution >= 4 is 29.9 Å². The molecule has 2 heterocycles. The van der Waals surface area contributed by atoms with E-state index in [1.807, 2.05) is 6.92 Å². The second-order valence-electron chi connectivity index (χ2n) is 6.01. The fraction of sp³-hybridized carbons (Fsp3) is 0.688. The summed E-state index contributed by atoms with van der Waals surface area (Å²) in [6.45, 7) is 6.63. The summed E-state index contributed by atoms with van der Waals surface area (Å²) >= 11 is 0. The Bertz CT molecular complexity index is 568. The number of carbonyl (C=O) groups is 3. The SMILES string of the molecule is CCCCN1C(=O)C2C(=NC=[N+]2CC(C)=O)N(CCCC)C1=O. The fourth-order valence-electron chi connectivity index (χ4n) is 2.81. The van der Waals surface area contributed by atoms with Crippen LogP contribution in [0.4, 0.5) is 4.79 Å². The van der Waals surface area contributed by atoms with E-state index >= 15 is 0 Å². The lowest BCUT2D eigenvalue weighted by Gasteiger charge is -2.35. The van der Waals surface area contributed by atoms with Gasteiger partial charge < -0.3 is 0 Å². The molecule has 0 aromatic carbocycles. The first kappa shape index (κ1) is 17.3. The third-order valence-corrected chi connectivity index (χ3v) is 4.03. The molecule has 0 radical (unpaired) electrons. The summed E-state index contributed by atoms with van der Waals surface area (Å²) in [7, 11) is 0. The smallest absolute Gasteiger partial charge is 0.296 e. The molecule has 2 rings (SSSR count). The van der Waals surface area contributed by atoms with Crippen molar-refractivity contribution in [1.29, 1.82) is 0 Å². The van der Waals surface area contributed by atoms with Crippen LogP contribution in [-0.2, 0) is 9.59 Å². The molecule has 7 nitrogen and oxygen atoms in total. The van der Waals surface area contributed by atoms with E-state index in [2.05, 4.69) is 11.9 Å². The summed E-state index contributed by atoms with van der Waals surface area (Å²) in [5.74, 6) is 0.148. The van der Waals surface area contributed by atoms with Crippen molar-refractivity contribution in [2.24, 2.45) is 4.99 Å². The minimum Gasteiger partial charge on any atom is -0.296 e. The average Bonchev–Trinajstić information content (AvgIpc) is 2.90. The molecule has 126 valence electrons. The summed E-state index contributed by atoms with van der Waals surface area (Å²) in [6.07, 6.45) is 4.98. The van der Waals surface area contributed by atoms with Crippen LogP contribution in [0, 0.1) is 0 Å². The van der Waals surface area contributed by atoms with Crippen molar-refractivity contribution in [1.82, 2.24) is 9.80 Å². The fourth-order valence-corrected chi connectivity index (χ4v) is 2.81. The molecule has 3 amide bonds. The number of hydrogen-bond acceptors (Lipinski definition) is 4. The molecule has 0 bridgehead atoms. The van der Waals surface area contributed by atoms with Crippen molar-refractivity contribution in [2.75, 3.05) is 19.6 Å². The lowest BCUT2D eigenvalue weighted by atomic mass is 10.1. The summed E-state index contributed by atoms with van der Waals surface area (Å²) in [4.78, 5) is 44.0. The molecule has 0 spiro atoms. The Morgan fingerprint density at radius 2 is 1.78 bits per heavy atom. The van der Waals surface area contributed by atoms with Crippen LogP contribution in [0.15, 0.2) is 4.99 Å². The minimum atomic E-state index is -0.648. The Kier molecular flexibility index (Phi) is 5.63. The van der Waals surface area contributed by atoms with Crippen molar-refractivity contribution in [3.8, 4) is 0 Å². The van der Waals surface area contributed by atoms with Gasteiger partial charge in [0.05, 0.1) is 0 Å². The van der Waals surface area contributed by atoms with E-state index in [0.717, 1.165) is 25.7 Å². The normalized spacial score (nSPS) is 20.6. The van der Waals surface area contributed by atoms with Crippen LogP contribution in [0.25, 0.3) is 0 Å². The van der Waals surface area contributed by atoms with Gasteiger partial charge in [0.2, 0.25) is 0 Å². The Labute approximate surface area is 136 Å². The maximum Gasteiger partial charge on any atom is 0.334 e. The highest BCUT2D eigenvalue weighted by Gasteiger charge is 2.52. The third-order valence-electron chi connectivity index (χ3n) is 4.03. The maximum absolute atomic E-state index is 12.8. The van der Waals surface area contributed by atoms with Crippen molar-refractivity contribution in [2.45, 2.75) is 52.5 Å². The van der Waals surface area contributed by atoms with Crippen molar-refractivity contribution in [3.05, 3.63) is 0 Å². The second kappa shape index (κ2) is 7.48. The molecular weight excluding hydrogens is 296 g/mol. The Hall–Kier alpha value is -2.05. The van der Waals surface area contributed by atoms with Gasteiger partial charge in [0.1, 0.15) is 6.54 Å². The van der Waals surface area contributed by atoms with Crippen LogP contribution in [0.5, 0.6) is 0 Å². The van der Waals surface area contributed by atoms with Gasteiger partial charge in [-0.15, -0.1) is 0 Å². The van der Waals surface area contributed by atoms with Gasteiger partial charge in [0.25, 0.3) is 24.1 Å². The lowest BCUT2D eigenvalue weighted by molar-refractivity contribution is -0.519. The molecule has 2 aliphatic heterocycles. The number of urea groups is 1. The maximum atomic E-state index is 12.8. The standard InChI is InChI=1S/C16H25N4O3/c1-4-6-8-19-14-13(18(11-17-14)10-12(3)21)15(22)20(16(19)23)9-7-5-2/h11,13H,4-10H2,1-3H3/q+1. The summed E-state index contributed by atoms with van der Waals surface area (Å²) in [5, 5.41) is 0. The van der Waals surface area contributed by atoms with Gasteiger partial charge in [-0.05, 0) is 24.8 Å². The highest BCUT2D eigenvalue weighted by atomic mass is 16.2. The number of aliphatic imine (C=N–C) groups is 1. The molecule has 7 heteroatoms. The zero-order valence-corrected chi connectivity index (χ0v) is 14.1. The predicted octanol–water partition coefficient (Wildman–Crippen LogP) is 1.26. The number of unbranched alkanes of at least 4 members (excludes halogenated alkanes) is 2. The first-order chi connectivity index (χ1) is 11.0. The third kappa shape index (κ3) is 3.48. The quantitative estimate of drug-likeness (QED) is 0.632. The van der Waals surface area contributed by atoms with E-state index in [0.29, 0.717) is 18.9 Å². The summed E-state index contributed by atoms with van der Waals surface area (Å²) < 4.78 is 1.63. The monoisotopic (exact) mass is 321 g/mol. The Morgan fingerprint density at radius 1 is 1.17 bits per heavy atom. The molecule has 0 aliphatic carbocycles. The highest BCUT2D eigenvalue weighted by Crippen LogP contribution is 2.20. The highest BCUT2D eigenvalue weighted by molar-refractivity contribution is 6.21. The Balaban J connectivity index is 2.28. The zero-order chi connectivity index (χ0) is 17.0. The van der Waals surface area contributed by atoms with E-state index in [9.17, 15) is 14.4 Å². The molecule has 1 atom stereocenters. The number of ketones is 1. The van der Waals surface area contributed by atoms with Crippen molar-refractivity contribution in [3.63, 3.8) is 0 Å². The zero-order valence-electron chi connectivity index (χ0n) is 14.1. The number of imide groups is 1. The van der Waals surface area contributed by atoms with E-state index < -0.39 is 6.04 Å². The molecule has 1 unspecified atom stereocenters. The van der Waals surface area contributed by atoms with Crippen LogP contribution >= 0.6 is 0 Å². The number of carbonyl (C=O) groups excluding carboxylic acids is 3. The van der Waals surface area contributed by atoms with Crippen molar-refractivity contribution < 1.29 is 19.0 Å². The minimum absolute atomic E-state index is 0.0392. The first-order valence-electron chi connectivity index (χ1n) is 8.30. The first-order valence-corrected chi connectivity index (χ1v) is 8.30. The molecule has 0 aromatic rings. The molecule has 0 saturated carbocycles. The van der Waals surface area contributed by atoms with Crippen LogP contribution < -0.4 is 0 Å². The van der Waals surface area contributed by atoms with Gasteiger partial charge in [-0.2, -0.15) is 0 Å². The average molecular weight is 321 g/mol. The molecule has 2 aliphatic rings. The van der Waals surface area contributed by atoms with Crippen LogP contribution in [0.1, 0.15) is 46.5 Å². The van der Waals surface area contributed by atoms with Crippen LogP contribution in [-0.4, -0.2) is 69.9 Å². The molecule has 0 N–H and O–H groups in total. The number of fused-ring (bicyclic) bond motifs is 1. The van der Waals surface area contributed by atoms with Gasteiger partial charge in [-0.1, -0.05) is 26.7 Å². The van der Waals surface area contributed by atoms with Gasteiger partial charge in [-0.25, -0.2) is 9.37 Å². The molecular formula is C16H25N4O3+. The molecule has 23 heavy (non-hydrogen) atoms. The summed E-state index contributed by atoms with van der Waals surface area (Å²) in [6, 6.07) is -0.935. The second-order valence-corrected chi connectivity index (χ2v) is 6.01. The van der Waals surface area contributed by atoms with Gasteiger partial charge in [0, 0.05) is 13.1 Å². The molecule has 1 saturated heterocycles. The van der Waals surface area contributed by atoms with Crippen LogP contribution in [0.2, 0.25) is 0 Å². The molecule has 1 fully saturated rings. The van der Waals surface area contributed by atoms with E-state index in [1.54, 1.807) is 9.48 Å². The Morgan fingerprint density at radius 3 is 2.35 bits per heavy atom. The largest absolute Gasteiger partial charge is 0.334 e. The number of amidine groups is 1. The summed E-state index contributed by atoms with van der Waals surface area (Å²) in [5.41, 5.74) is 0. The van der Waals surface area contributed by atoms with Gasteiger partial charge in [0.15, 0.2) is 5.78 Å². The topological polar surface area (TPSA) is 73.1 Å². The predicted molar refractivity (Wildman–Crippen MR) is 86.7 cm³/mol. The lowest BCUT2D eigenvalue weighted by Crippen LogP contribution is -2.64. The van der Waals surface area contributed by atoms with Gasteiger partial charge in [-0.3, -0.25) is 19.4 Å². The van der Waals surface area contributed by atoms with Crippen LogP contribution in [0.3, 0.4) is 0 Å². The van der Waals surface area contributed by atoms with E-state index in [-0.39, 0.29) is 24.3 Å². The number of amides is 3. The number of rotatable bonds is 8. The molecule has 0 aromatic heterocycles. The number of nitrogens with zero attached hydrogens (tertiary/aromatic N) is 4.